The number of aliphatic hydroxyl groups excluding tert-OH is 1. The predicted molar refractivity (Wildman–Crippen MR) is 71.6 cm³/mol. The first-order valence-electron chi connectivity index (χ1n) is 5.93. The second kappa shape index (κ2) is 5.56. The molecule has 4 nitrogen and oxygen atoms in total. The topological polar surface area (TPSA) is 57.6 Å². The Kier molecular flexibility index (Phi) is 4.71. The minimum atomic E-state index is -3.67. The fraction of sp³-hybridized carbons (Fsp3) is 0.538. The van der Waals surface area contributed by atoms with Crippen LogP contribution in [-0.4, -0.2) is 31.4 Å². The Morgan fingerprint density at radius 2 is 1.89 bits per heavy atom. The number of sulfonamides is 1. The molecule has 0 radical (unpaired) electrons. The molecule has 0 aliphatic carbocycles. The Morgan fingerprint density at radius 1 is 1.32 bits per heavy atom. The van der Waals surface area contributed by atoms with Crippen LogP contribution in [0.25, 0.3) is 0 Å². The van der Waals surface area contributed by atoms with Crippen LogP contribution in [0.2, 0.25) is 0 Å². The number of benzene rings is 1. The van der Waals surface area contributed by atoms with Gasteiger partial charge in [0.05, 0.1) is 11.5 Å². The fourth-order valence-electron chi connectivity index (χ4n) is 1.77. The van der Waals surface area contributed by atoms with Crippen LogP contribution in [0.4, 0.5) is 4.39 Å². The number of nitrogens with zero attached hydrogens (tertiary/aromatic N) is 1. The molecule has 0 fully saturated rings. The summed E-state index contributed by atoms with van der Waals surface area (Å²) in [5, 5.41) is 8.99. The van der Waals surface area contributed by atoms with Crippen molar-refractivity contribution in [3.8, 4) is 0 Å². The van der Waals surface area contributed by atoms with Gasteiger partial charge in [0.2, 0.25) is 10.0 Å². The Bertz CT molecular complexity index is 549. The Morgan fingerprint density at radius 3 is 2.37 bits per heavy atom. The van der Waals surface area contributed by atoms with E-state index in [-0.39, 0.29) is 15.9 Å². The molecule has 6 heteroatoms. The largest absolute Gasteiger partial charge is 0.392 e. The van der Waals surface area contributed by atoms with Gasteiger partial charge < -0.3 is 5.11 Å². The third kappa shape index (κ3) is 3.99. The maximum Gasteiger partial charge on any atom is 0.242 e. The smallest absolute Gasteiger partial charge is 0.242 e. The van der Waals surface area contributed by atoms with Crippen molar-refractivity contribution in [1.82, 2.24) is 4.31 Å². The molecule has 0 heterocycles. The minimum absolute atomic E-state index is 0.00954. The van der Waals surface area contributed by atoms with Crippen molar-refractivity contribution in [2.24, 2.45) is 5.41 Å². The SMILES string of the molecule is CN(CC(C)(C)C)S(=O)(=O)c1ccc(F)c(CO)c1. The van der Waals surface area contributed by atoms with Gasteiger partial charge in [0.25, 0.3) is 0 Å². The monoisotopic (exact) mass is 289 g/mol. The first kappa shape index (κ1) is 16.1. The first-order chi connectivity index (χ1) is 8.58. The van der Waals surface area contributed by atoms with E-state index in [4.69, 9.17) is 5.11 Å². The number of hydrogen-bond donors (Lipinski definition) is 1. The summed E-state index contributed by atoms with van der Waals surface area (Å²) < 4.78 is 39.1. The Balaban J connectivity index is 3.13. The number of rotatable bonds is 4. The molecule has 0 unspecified atom stereocenters. The summed E-state index contributed by atoms with van der Waals surface area (Å²) in [7, 11) is -2.18. The first-order valence-corrected chi connectivity index (χ1v) is 7.37. The van der Waals surface area contributed by atoms with Gasteiger partial charge in [-0.15, -0.1) is 0 Å². The van der Waals surface area contributed by atoms with Crippen molar-refractivity contribution in [3.05, 3.63) is 29.6 Å². The standard InChI is InChI=1S/C13H20FNO3S/c1-13(2,3)9-15(4)19(17,18)11-5-6-12(14)10(7-11)8-16/h5-7,16H,8-9H2,1-4H3. The molecule has 108 valence electrons. The van der Waals surface area contributed by atoms with Crippen LogP contribution in [-0.2, 0) is 16.6 Å². The average Bonchev–Trinajstić information content (AvgIpc) is 2.27. The molecular weight excluding hydrogens is 269 g/mol. The average molecular weight is 289 g/mol. The number of hydrogen-bond acceptors (Lipinski definition) is 3. The van der Waals surface area contributed by atoms with E-state index in [9.17, 15) is 12.8 Å². The van der Waals surface area contributed by atoms with Crippen molar-refractivity contribution in [1.29, 1.82) is 0 Å². The Labute approximate surface area is 113 Å². The van der Waals surface area contributed by atoms with Gasteiger partial charge in [0.15, 0.2) is 0 Å². The van der Waals surface area contributed by atoms with Gasteiger partial charge in [0.1, 0.15) is 5.82 Å². The maximum absolute atomic E-state index is 13.3. The van der Waals surface area contributed by atoms with Crippen molar-refractivity contribution < 1.29 is 17.9 Å². The zero-order valence-corrected chi connectivity index (χ0v) is 12.5. The number of halogens is 1. The summed E-state index contributed by atoms with van der Waals surface area (Å²) in [5.74, 6) is -0.611. The van der Waals surface area contributed by atoms with Crippen LogP contribution in [0.5, 0.6) is 0 Å². The molecule has 0 saturated carbocycles. The molecule has 1 rings (SSSR count). The highest BCUT2D eigenvalue weighted by Crippen LogP contribution is 2.22. The summed E-state index contributed by atoms with van der Waals surface area (Å²) in [6.45, 7) is 5.62. The van der Waals surface area contributed by atoms with Crippen LogP contribution in [0.1, 0.15) is 26.3 Å². The third-order valence-electron chi connectivity index (χ3n) is 2.59. The summed E-state index contributed by atoms with van der Waals surface area (Å²) >= 11 is 0. The summed E-state index contributed by atoms with van der Waals surface area (Å²) in [5.41, 5.74) is -0.202. The highest BCUT2D eigenvalue weighted by Gasteiger charge is 2.25. The molecule has 1 aromatic rings. The molecule has 0 aliphatic heterocycles. The van der Waals surface area contributed by atoms with E-state index in [1.165, 1.54) is 23.5 Å². The van der Waals surface area contributed by atoms with Crippen molar-refractivity contribution in [2.75, 3.05) is 13.6 Å². The van der Waals surface area contributed by atoms with Gasteiger partial charge in [-0.25, -0.2) is 17.1 Å². The maximum atomic E-state index is 13.3. The van der Waals surface area contributed by atoms with Crippen LogP contribution < -0.4 is 0 Å². The lowest BCUT2D eigenvalue weighted by molar-refractivity contribution is 0.275. The van der Waals surface area contributed by atoms with Gasteiger partial charge in [-0.3, -0.25) is 0 Å². The molecule has 0 aromatic heterocycles. The molecule has 1 N–H and O–H groups in total. The van der Waals surface area contributed by atoms with E-state index in [0.717, 1.165) is 6.07 Å². The number of aliphatic hydroxyl groups is 1. The summed E-state index contributed by atoms with van der Waals surface area (Å²) in [6.07, 6.45) is 0. The van der Waals surface area contributed by atoms with Crippen LogP contribution in [0.15, 0.2) is 23.1 Å². The van der Waals surface area contributed by atoms with Gasteiger partial charge in [-0.05, 0) is 23.6 Å². The zero-order valence-electron chi connectivity index (χ0n) is 11.6. The summed E-state index contributed by atoms with van der Waals surface area (Å²) in [6, 6.07) is 3.44. The van der Waals surface area contributed by atoms with Crippen LogP contribution in [0.3, 0.4) is 0 Å². The lowest BCUT2D eigenvalue weighted by Crippen LogP contribution is -2.34. The molecule has 1 aromatic carbocycles. The molecule has 0 saturated heterocycles. The fourth-order valence-corrected chi connectivity index (χ4v) is 3.21. The third-order valence-corrected chi connectivity index (χ3v) is 4.39. The molecule has 0 bridgehead atoms. The van der Waals surface area contributed by atoms with Crippen LogP contribution >= 0.6 is 0 Å². The molecule has 0 amide bonds. The second-order valence-electron chi connectivity index (χ2n) is 5.73. The molecule has 0 atom stereocenters. The zero-order chi connectivity index (χ0) is 14.8. The minimum Gasteiger partial charge on any atom is -0.392 e. The van der Waals surface area contributed by atoms with Crippen molar-refractivity contribution in [2.45, 2.75) is 32.3 Å². The van der Waals surface area contributed by atoms with Gasteiger partial charge in [-0.1, -0.05) is 20.8 Å². The second-order valence-corrected chi connectivity index (χ2v) is 7.78. The molecule has 0 aliphatic rings. The van der Waals surface area contributed by atoms with E-state index in [1.54, 1.807) is 0 Å². The molecule has 0 spiro atoms. The molecular formula is C13H20FNO3S. The van der Waals surface area contributed by atoms with Gasteiger partial charge in [-0.2, -0.15) is 0 Å². The van der Waals surface area contributed by atoms with E-state index in [2.05, 4.69) is 0 Å². The summed E-state index contributed by atoms with van der Waals surface area (Å²) in [4.78, 5) is -0.00954. The lowest BCUT2D eigenvalue weighted by atomic mass is 9.97. The Hall–Kier alpha value is -0.980. The highest BCUT2D eigenvalue weighted by atomic mass is 32.2. The van der Waals surface area contributed by atoms with E-state index < -0.39 is 22.4 Å². The van der Waals surface area contributed by atoms with Gasteiger partial charge >= 0.3 is 0 Å². The van der Waals surface area contributed by atoms with Crippen molar-refractivity contribution in [3.63, 3.8) is 0 Å². The quantitative estimate of drug-likeness (QED) is 0.922. The van der Waals surface area contributed by atoms with Crippen LogP contribution in [0, 0.1) is 11.2 Å². The lowest BCUT2D eigenvalue weighted by Gasteiger charge is -2.26. The normalized spacial score (nSPS) is 13.0. The van der Waals surface area contributed by atoms with E-state index in [1.807, 2.05) is 20.8 Å². The predicted octanol–water partition coefficient (Wildman–Crippen LogP) is 1.98. The van der Waals surface area contributed by atoms with Crippen molar-refractivity contribution >= 4 is 10.0 Å². The molecule has 19 heavy (non-hydrogen) atoms. The van der Waals surface area contributed by atoms with E-state index >= 15 is 0 Å². The highest BCUT2D eigenvalue weighted by molar-refractivity contribution is 7.89. The van der Waals surface area contributed by atoms with Gasteiger partial charge in [0, 0.05) is 19.2 Å². The van der Waals surface area contributed by atoms with E-state index in [0.29, 0.717) is 6.54 Å².